The summed E-state index contributed by atoms with van der Waals surface area (Å²) in [6.07, 6.45) is 6.52. The zero-order valence-corrected chi connectivity index (χ0v) is 17.0. The molecule has 2 saturated heterocycles. The third-order valence-electron chi connectivity index (χ3n) is 5.20. The van der Waals surface area contributed by atoms with Gasteiger partial charge in [-0.05, 0) is 39.5 Å². The Balaban J connectivity index is 2.07. The van der Waals surface area contributed by atoms with E-state index in [0.29, 0.717) is 13.2 Å². The average molecular weight is 385 g/mol. The van der Waals surface area contributed by atoms with Crippen molar-refractivity contribution < 1.29 is 23.8 Å². The van der Waals surface area contributed by atoms with Gasteiger partial charge < -0.3 is 14.2 Å². The second-order valence-electron chi connectivity index (χ2n) is 7.26. The van der Waals surface area contributed by atoms with E-state index in [-0.39, 0.29) is 37.2 Å². The van der Waals surface area contributed by atoms with Crippen LogP contribution in [0.3, 0.4) is 0 Å². The maximum absolute atomic E-state index is 12.1. The molecule has 0 saturated carbocycles. The molecule has 7 nitrogen and oxygen atoms in total. The highest BCUT2D eigenvalue weighted by Crippen LogP contribution is 2.22. The third kappa shape index (κ3) is 7.76. The summed E-state index contributed by atoms with van der Waals surface area (Å²) < 4.78 is 16.7. The van der Waals surface area contributed by atoms with E-state index in [9.17, 15) is 9.59 Å². The van der Waals surface area contributed by atoms with Gasteiger partial charge in [0.15, 0.2) is 0 Å². The predicted molar refractivity (Wildman–Crippen MR) is 102 cm³/mol. The summed E-state index contributed by atoms with van der Waals surface area (Å²) in [5.74, 6) is -0.497. The number of carbonyl (C=O) groups is 2. The second-order valence-corrected chi connectivity index (χ2v) is 7.26. The van der Waals surface area contributed by atoms with Gasteiger partial charge in [0.1, 0.15) is 12.5 Å². The van der Waals surface area contributed by atoms with Gasteiger partial charge >= 0.3 is 11.9 Å². The number of ether oxygens (including phenoxy) is 3. The lowest BCUT2D eigenvalue weighted by molar-refractivity contribution is -0.184. The second kappa shape index (κ2) is 12.3. The number of piperidine rings is 2. The van der Waals surface area contributed by atoms with Crippen LogP contribution >= 0.6 is 0 Å². The van der Waals surface area contributed by atoms with Crippen LogP contribution in [0.2, 0.25) is 0 Å². The molecule has 2 atom stereocenters. The Morgan fingerprint density at radius 1 is 0.704 bits per heavy atom. The smallest absolute Gasteiger partial charge is 0.309 e. The topological polar surface area (TPSA) is 68.3 Å². The summed E-state index contributed by atoms with van der Waals surface area (Å²) in [7, 11) is 0. The van der Waals surface area contributed by atoms with Crippen LogP contribution in [0, 0.1) is 0 Å². The molecule has 0 aromatic heterocycles. The molecule has 0 amide bonds. The first kappa shape index (κ1) is 22.1. The van der Waals surface area contributed by atoms with E-state index in [0.717, 1.165) is 51.9 Å². The molecule has 0 N–H and O–H groups in total. The monoisotopic (exact) mass is 384 g/mol. The van der Waals surface area contributed by atoms with Gasteiger partial charge in [-0.2, -0.15) is 0 Å². The Labute approximate surface area is 163 Å². The molecule has 156 valence electrons. The van der Waals surface area contributed by atoms with Crippen LogP contribution in [0.1, 0.15) is 65.2 Å². The van der Waals surface area contributed by atoms with E-state index in [4.69, 9.17) is 14.2 Å². The molecule has 0 aliphatic carbocycles. The molecular weight excluding hydrogens is 348 g/mol. The maximum Gasteiger partial charge on any atom is 0.309 e. The lowest BCUT2D eigenvalue weighted by Gasteiger charge is -2.40. The molecule has 0 spiro atoms. The van der Waals surface area contributed by atoms with Crippen molar-refractivity contribution in [3.63, 3.8) is 0 Å². The lowest BCUT2D eigenvalue weighted by atomic mass is 10.1. The molecular formula is C20H36N2O5. The van der Waals surface area contributed by atoms with Gasteiger partial charge in [0.25, 0.3) is 0 Å². The van der Waals surface area contributed by atoms with E-state index < -0.39 is 0 Å². The average Bonchev–Trinajstić information content (AvgIpc) is 2.68. The predicted octanol–water partition coefficient (Wildman–Crippen LogP) is 2.53. The van der Waals surface area contributed by atoms with Gasteiger partial charge in [-0.3, -0.25) is 19.4 Å². The molecule has 2 aliphatic rings. The normalized spacial score (nSPS) is 21.4. The van der Waals surface area contributed by atoms with Crippen LogP contribution in [0.4, 0.5) is 0 Å². The van der Waals surface area contributed by atoms with Crippen molar-refractivity contribution in [3.8, 4) is 0 Å². The van der Waals surface area contributed by atoms with Gasteiger partial charge in [-0.15, -0.1) is 0 Å². The third-order valence-corrected chi connectivity index (χ3v) is 5.20. The first-order valence-electron chi connectivity index (χ1n) is 10.6. The summed E-state index contributed by atoms with van der Waals surface area (Å²) in [4.78, 5) is 28.7. The van der Waals surface area contributed by atoms with Crippen LogP contribution in [0.5, 0.6) is 0 Å². The highest BCUT2D eigenvalue weighted by atomic mass is 16.6. The first-order valence-corrected chi connectivity index (χ1v) is 10.6. The molecule has 2 aliphatic heterocycles. The minimum absolute atomic E-state index is 0.195. The number of likely N-dealkylation sites (tertiary alicyclic amines) is 2. The SMILES string of the molecule is CCOC(=O)CC(OC(CC(=O)OCC)N1CCCCC1)N1CCCCC1. The Morgan fingerprint density at radius 3 is 1.41 bits per heavy atom. The number of hydrogen-bond acceptors (Lipinski definition) is 7. The Kier molecular flexibility index (Phi) is 10.1. The van der Waals surface area contributed by atoms with Crippen LogP contribution < -0.4 is 0 Å². The number of nitrogens with zero attached hydrogens (tertiary/aromatic N) is 2. The number of carbonyl (C=O) groups excluding carboxylic acids is 2. The van der Waals surface area contributed by atoms with Crippen molar-refractivity contribution in [3.05, 3.63) is 0 Å². The quantitative estimate of drug-likeness (QED) is 0.536. The van der Waals surface area contributed by atoms with Gasteiger partial charge in [0, 0.05) is 26.2 Å². The molecule has 7 heteroatoms. The van der Waals surface area contributed by atoms with Crippen LogP contribution in [-0.2, 0) is 23.8 Å². The number of hydrogen-bond donors (Lipinski definition) is 0. The minimum Gasteiger partial charge on any atom is -0.466 e. The zero-order valence-electron chi connectivity index (χ0n) is 17.0. The zero-order chi connectivity index (χ0) is 19.5. The highest BCUT2D eigenvalue weighted by molar-refractivity contribution is 5.70. The van der Waals surface area contributed by atoms with Gasteiger partial charge in [0.05, 0.1) is 26.1 Å². The first-order chi connectivity index (χ1) is 13.1. The van der Waals surface area contributed by atoms with Crippen molar-refractivity contribution in [1.82, 2.24) is 9.80 Å². The fraction of sp³-hybridized carbons (Fsp3) is 0.900. The van der Waals surface area contributed by atoms with E-state index >= 15 is 0 Å². The van der Waals surface area contributed by atoms with E-state index in [1.54, 1.807) is 0 Å². The summed E-state index contributed by atoms with van der Waals surface area (Å²) in [5, 5.41) is 0. The lowest BCUT2D eigenvalue weighted by Crippen LogP contribution is -2.50. The maximum atomic E-state index is 12.1. The van der Waals surface area contributed by atoms with Crippen molar-refractivity contribution in [2.45, 2.75) is 77.7 Å². The molecule has 0 radical (unpaired) electrons. The minimum atomic E-state index is -0.356. The van der Waals surface area contributed by atoms with E-state index in [1.165, 1.54) is 12.8 Å². The van der Waals surface area contributed by atoms with E-state index in [2.05, 4.69) is 9.80 Å². The Morgan fingerprint density at radius 2 is 1.07 bits per heavy atom. The van der Waals surface area contributed by atoms with Crippen LogP contribution in [0.25, 0.3) is 0 Å². The molecule has 0 aromatic carbocycles. The Bertz CT molecular complexity index is 408. The summed E-state index contributed by atoms with van der Waals surface area (Å²) in [6.45, 7) is 8.00. The standard InChI is InChI=1S/C20H36N2O5/c1-3-25-19(23)15-17(21-11-7-5-8-12-21)27-18(16-20(24)26-4-2)22-13-9-6-10-14-22/h17-18H,3-16H2,1-2H3. The van der Waals surface area contributed by atoms with Crippen LogP contribution in [-0.4, -0.2) is 73.6 Å². The van der Waals surface area contributed by atoms with Crippen molar-refractivity contribution >= 4 is 11.9 Å². The molecule has 2 fully saturated rings. The summed E-state index contributed by atoms with van der Waals surface area (Å²) in [5.41, 5.74) is 0. The fourth-order valence-corrected chi connectivity index (χ4v) is 3.85. The van der Waals surface area contributed by atoms with Gasteiger partial charge in [-0.1, -0.05) is 12.8 Å². The van der Waals surface area contributed by atoms with Crippen molar-refractivity contribution in [2.24, 2.45) is 0 Å². The van der Waals surface area contributed by atoms with E-state index in [1.807, 2.05) is 13.8 Å². The summed E-state index contributed by atoms with van der Waals surface area (Å²) in [6, 6.07) is 0. The molecule has 0 bridgehead atoms. The number of esters is 2. The van der Waals surface area contributed by atoms with Gasteiger partial charge in [-0.25, -0.2) is 0 Å². The molecule has 0 aromatic rings. The molecule has 27 heavy (non-hydrogen) atoms. The van der Waals surface area contributed by atoms with Crippen molar-refractivity contribution in [1.29, 1.82) is 0 Å². The Hall–Kier alpha value is -1.18. The largest absolute Gasteiger partial charge is 0.466 e. The van der Waals surface area contributed by atoms with Crippen LogP contribution in [0.15, 0.2) is 0 Å². The molecule has 2 rings (SSSR count). The highest BCUT2D eigenvalue weighted by Gasteiger charge is 2.32. The van der Waals surface area contributed by atoms with Gasteiger partial charge in [0.2, 0.25) is 0 Å². The molecule has 2 unspecified atom stereocenters. The number of rotatable bonds is 10. The van der Waals surface area contributed by atoms with Crippen molar-refractivity contribution in [2.75, 3.05) is 39.4 Å². The fourth-order valence-electron chi connectivity index (χ4n) is 3.85. The summed E-state index contributed by atoms with van der Waals surface area (Å²) >= 11 is 0. The molecule has 2 heterocycles.